The molecular formula is C14H18BrNO. The third-order valence-electron chi connectivity index (χ3n) is 3.56. The van der Waals surface area contributed by atoms with Crippen LogP contribution in [-0.2, 0) is 0 Å². The first-order chi connectivity index (χ1) is 8.11. The summed E-state index contributed by atoms with van der Waals surface area (Å²) in [6.45, 7) is 6.11. The van der Waals surface area contributed by atoms with Gasteiger partial charge in [-0.1, -0.05) is 13.3 Å². The summed E-state index contributed by atoms with van der Waals surface area (Å²) in [5.74, 6) is 0.930. The number of carbonyl (C=O) groups excluding carboxylic acids is 1. The van der Waals surface area contributed by atoms with Gasteiger partial charge in [0.2, 0.25) is 0 Å². The van der Waals surface area contributed by atoms with Crippen molar-refractivity contribution in [2.24, 2.45) is 5.92 Å². The summed E-state index contributed by atoms with van der Waals surface area (Å²) in [6.07, 6.45) is 2.52. The van der Waals surface area contributed by atoms with Gasteiger partial charge in [0.1, 0.15) is 0 Å². The highest BCUT2D eigenvalue weighted by Gasteiger charge is 2.22. The number of ketones is 1. The van der Waals surface area contributed by atoms with Gasteiger partial charge < -0.3 is 4.90 Å². The number of halogens is 1. The first kappa shape index (κ1) is 12.6. The van der Waals surface area contributed by atoms with Crippen molar-refractivity contribution in [3.63, 3.8) is 0 Å². The summed E-state index contributed by atoms with van der Waals surface area (Å²) in [6, 6.07) is 5.90. The smallest absolute Gasteiger partial charge is 0.159 e. The summed E-state index contributed by atoms with van der Waals surface area (Å²) >= 11 is 3.57. The van der Waals surface area contributed by atoms with E-state index in [1.165, 1.54) is 18.5 Å². The van der Waals surface area contributed by atoms with Crippen molar-refractivity contribution in [1.29, 1.82) is 0 Å². The number of nitrogens with zero attached hydrogens (tertiary/aromatic N) is 1. The van der Waals surface area contributed by atoms with E-state index in [2.05, 4.69) is 33.8 Å². The van der Waals surface area contributed by atoms with E-state index >= 15 is 0 Å². The second-order valence-electron chi connectivity index (χ2n) is 4.73. The molecule has 0 saturated carbocycles. The van der Waals surface area contributed by atoms with Crippen molar-refractivity contribution in [2.75, 3.05) is 18.0 Å². The first-order valence-electron chi connectivity index (χ1n) is 6.17. The van der Waals surface area contributed by atoms with Gasteiger partial charge in [0.15, 0.2) is 5.78 Å². The topological polar surface area (TPSA) is 20.3 Å². The molecule has 0 bridgehead atoms. The molecule has 1 fully saturated rings. The highest BCUT2D eigenvalue weighted by molar-refractivity contribution is 9.10. The lowest BCUT2D eigenvalue weighted by Gasteiger charge is -2.20. The van der Waals surface area contributed by atoms with Crippen LogP contribution in [0, 0.1) is 5.92 Å². The van der Waals surface area contributed by atoms with Gasteiger partial charge in [0, 0.05) is 23.1 Å². The molecular weight excluding hydrogens is 278 g/mol. The third kappa shape index (κ3) is 2.71. The SMILES string of the molecule is CCC1CCN(c2ccc(C(C)=O)cc2Br)C1. The van der Waals surface area contributed by atoms with Crippen molar-refractivity contribution >= 4 is 27.4 Å². The predicted molar refractivity (Wildman–Crippen MR) is 74.8 cm³/mol. The standard InChI is InChI=1S/C14H18BrNO/c1-3-11-6-7-16(9-11)14-5-4-12(10(2)17)8-13(14)15/h4-5,8,11H,3,6-7,9H2,1-2H3. The number of anilines is 1. The van der Waals surface area contributed by atoms with E-state index in [0.29, 0.717) is 0 Å². The second kappa shape index (κ2) is 5.21. The average molecular weight is 296 g/mol. The highest BCUT2D eigenvalue weighted by atomic mass is 79.9. The van der Waals surface area contributed by atoms with Crippen LogP contribution in [-0.4, -0.2) is 18.9 Å². The molecule has 0 radical (unpaired) electrons. The summed E-state index contributed by atoms with van der Waals surface area (Å²) < 4.78 is 1.03. The van der Waals surface area contributed by atoms with Gasteiger partial charge in [0.25, 0.3) is 0 Å². The summed E-state index contributed by atoms with van der Waals surface area (Å²) in [7, 11) is 0. The van der Waals surface area contributed by atoms with Gasteiger partial charge in [-0.15, -0.1) is 0 Å². The number of hydrogen-bond donors (Lipinski definition) is 0. The molecule has 0 aromatic heterocycles. The molecule has 1 unspecified atom stereocenters. The predicted octanol–water partition coefficient (Wildman–Crippen LogP) is 3.89. The number of carbonyl (C=O) groups is 1. The quantitative estimate of drug-likeness (QED) is 0.789. The lowest BCUT2D eigenvalue weighted by molar-refractivity contribution is 0.101. The molecule has 0 amide bonds. The third-order valence-corrected chi connectivity index (χ3v) is 4.19. The second-order valence-corrected chi connectivity index (χ2v) is 5.59. The number of Topliss-reactive ketones (excluding diaryl/α,β-unsaturated/α-hetero) is 1. The largest absolute Gasteiger partial charge is 0.370 e. The van der Waals surface area contributed by atoms with Crippen LogP contribution < -0.4 is 4.90 Å². The van der Waals surface area contributed by atoms with Gasteiger partial charge in [-0.25, -0.2) is 0 Å². The number of hydrogen-bond acceptors (Lipinski definition) is 2. The van der Waals surface area contributed by atoms with Crippen molar-refractivity contribution in [3.8, 4) is 0 Å². The lowest BCUT2D eigenvalue weighted by Crippen LogP contribution is -2.20. The zero-order chi connectivity index (χ0) is 12.4. The number of benzene rings is 1. The molecule has 0 N–H and O–H groups in total. The first-order valence-corrected chi connectivity index (χ1v) is 6.96. The Morgan fingerprint density at radius 1 is 1.53 bits per heavy atom. The summed E-state index contributed by atoms with van der Waals surface area (Å²) in [5.41, 5.74) is 1.98. The van der Waals surface area contributed by atoms with E-state index < -0.39 is 0 Å². The van der Waals surface area contributed by atoms with Crippen LogP contribution in [0.4, 0.5) is 5.69 Å². The van der Waals surface area contributed by atoms with Crippen molar-refractivity contribution in [2.45, 2.75) is 26.7 Å². The zero-order valence-electron chi connectivity index (χ0n) is 10.4. The molecule has 1 saturated heterocycles. The Morgan fingerprint density at radius 3 is 2.82 bits per heavy atom. The fourth-order valence-electron chi connectivity index (χ4n) is 2.37. The molecule has 92 valence electrons. The van der Waals surface area contributed by atoms with Crippen LogP contribution in [0.1, 0.15) is 37.0 Å². The van der Waals surface area contributed by atoms with Crippen LogP contribution in [0.25, 0.3) is 0 Å². The van der Waals surface area contributed by atoms with Gasteiger partial charge in [-0.05, 0) is 53.4 Å². The van der Waals surface area contributed by atoms with Crippen LogP contribution >= 0.6 is 15.9 Å². The van der Waals surface area contributed by atoms with Gasteiger partial charge >= 0.3 is 0 Å². The van der Waals surface area contributed by atoms with E-state index in [4.69, 9.17) is 0 Å². The molecule has 1 aliphatic rings. The molecule has 1 heterocycles. The number of rotatable bonds is 3. The maximum absolute atomic E-state index is 11.3. The van der Waals surface area contributed by atoms with Crippen LogP contribution in [0.3, 0.4) is 0 Å². The Hall–Kier alpha value is -0.830. The Labute approximate surface area is 111 Å². The summed E-state index contributed by atoms with van der Waals surface area (Å²) in [4.78, 5) is 13.7. The Bertz CT molecular complexity index is 430. The fourth-order valence-corrected chi connectivity index (χ4v) is 3.00. The molecule has 0 spiro atoms. The Kier molecular flexibility index (Phi) is 3.87. The Morgan fingerprint density at radius 2 is 2.29 bits per heavy atom. The van der Waals surface area contributed by atoms with E-state index in [9.17, 15) is 4.79 Å². The molecule has 1 aromatic rings. The van der Waals surface area contributed by atoms with Gasteiger partial charge in [-0.3, -0.25) is 4.79 Å². The maximum atomic E-state index is 11.3. The summed E-state index contributed by atoms with van der Waals surface area (Å²) in [5, 5.41) is 0. The van der Waals surface area contributed by atoms with Crippen LogP contribution in [0.2, 0.25) is 0 Å². The van der Waals surface area contributed by atoms with E-state index in [1.54, 1.807) is 6.92 Å². The monoisotopic (exact) mass is 295 g/mol. The van der Waals surface area contributed by atoms with Crippen molar-refractivity contribution in [1.82, 2.24) is 0 Å². The molecule has 2 rings (SSSR count). The molecule has 3 heteroatoms. The molecule has 17 heavy (non-hydrogen) atoms. The van der Waals surface area contributed by atoms with E-state index in [-0.39, 0.29) is 5.78 Å². The van der Waals surface area contributed by atoms with Gasteiger partial charge in [-0.2, -0.15) is 0 Å². The zero-order valence-corrected chi connectivity index (χ0v) is 12.0. The van der Waals surface area contributed by atoms with Crippen LogP contribution in [0.15, 0.2) is 22.7 Å². The van der Waals surface area contributed by atoms with Crippen LogP contribution in [0.5, 0.6) is 0 Å². The minimum absolute atomic E-state index is 0.116. The fraction of sp³-hybridized carbons (Fsp3) is 0.500. The maximum Gasteiger partial charge on any atom is 0.159 e. The van der Waals surface area contributed by atoms with Crippen molar-refractivity contribution < 1.29 is 4.79 Å². The minimum Gasteiger partial charge on any atom is -0.370 e. The lowest BCUT2D eigenvalue weighted by atomic mass is 10.1. The van der Waals surface area contributed by atoms with E-state index in [1.807, 2.05) is 12.1 Å². The minimum atomic E-state index is 0.116. The molecule has 1 aromatic carbocycles. The highest BCUT2D eigenvalue weighted by Crippen LogP contribution is 2.32. The molecule has 2 nitrogen and oxygen atoms in total. The molecule has 1 aliphatic heterocycles. The molecule has 1 atom stereocenters. The van der Waals surface area contributed by atoms with Crippen molar-refractivity contribution in [3.05, 3.63) is 28.2 Å². The average Bonchev–Trinajstić information content (AvgIpc) is 2.77. The Balaban J connectivity index is 2.20. The van der Waals surface area contributed by atoms with E-state index in [0.717, 1.165) is 29.0 Å². The normalized spacial score (nSPS) is 19.7. The van der Waals surface area contributed by atoms with Gasteiger partial charge in [0.05, 0.1) is 5.69 Å². The molecule has 0 aliphatic carbocycles.